The van der Waals surface area contributed by atoms with Crippen LogP contribution in [0.5, 0.6) is 0 Å². The standard InChI is InChI=1S/C19H22N6O/c1-11(2)16-7-14(19(26)23-13(4)18-21-10-22-25-18)8-17(24-16)15-6-5-12(3)9-20-15/h5-11,13H,1-4H3,(H,23,26)(H,21,22,25)/t13-/m0/s1. The maximum atomic E-state index is 12.7. The number of amides is 1. The van der Waals surface area contributed by atoms with E-state index in [0.717, 1.165) is 17.0 Å². The average molecular weight is 350 g/mol. The molecule has 0 radical (unpaired) electrons. The van der Waals surface area contributed by atoms with Crippen molar-refractivity contribution >= 4 is 5.91 Å². The zero-order valence-corrected chi connectivity index (χ0v) is 15.3. The maximum absolute atomic E-state index is 12.7. The second kappa shape index (κ2) is 7.43. The predicted molar refractivity (Wildman–Crippen MR) is 98.6 cm³/mol. The summed E-state index contributed by atoms with van der Waals surface area (Å²) in [6.45, 7) is 7.94. The second-order valence-electron chi connectivity index (χ2n) is 6.61. The van der Waals surface area contributed by atoms with Crippen LogP contribution in [0.1, 0.15) is 60.2 Å². The van der Waals surface area contributed by atoms with Crippen molar-refractivity contribution in [3.05, 3.63) is 59.4 Å². The van der Waals surface area contributed by atoms with Crippen molar-refractivity contribution in [3.63, 3.8) is 0 Å². The Bertz CT molecular complexity index is 887. The van der Waals surface area contributed by atoms with Crippen LogP contribution < -0.4 is 5.32 Å². The molecule has 1 amide bonds. The van der Waals surface area contributed by atoms with Gasteiger partial charge >= 0.3 is 0 Å². The predicted octanol–water partition coefficient (Wildman–Crippen LogP) is 3.18. The summed E-state index contributed by atoms with van der Waals surface area (Å²) < 4.78 is 0. The summed E-state index contributed by atoms with van der Waals surface area (Å²) in [6.07, 6.45) is 3.22. The van der Waals surface area contributed by atoms with Crippen LogP contribution >= 0.6 is 0 Å². The summed E-state index contributed by atoms with van der Waals surface area (Å²) in [5.41, 5.74) is 3.91. The molecule has 0 aliphatic heterocycles. The Labute approximate surface area is 152 Å². The number of hydrogen-bond acceptors (Lipinski definition) is 5. The number of carbonyl (C=O) groups is 1. The number of aryl methyl sites for hydroxylation is 1. The molecule has 0 bridgehead atoms. The quantitative estimate of drug-likeness (QED) is 0.736. The van der Waals surface area contributed by atoms with Crippen molar-refractivity contribution in [1.29, 1.82) is 0 Å². The van der Waals surface area contributed by atoms with Crippen LogP contribution in [-0.4, -0.2) is 31.1 Å². The number of pyridine rings is 2. The molecule has 7 heteroatoms. The molecular formula is C19H22N6O. The molecule has 0 saturated heterocycles. The second-order valence-corrected chi connectivity index (χ2v) is 6.61. The number of H-pyrrole nitrogens is 1. The highest BCUT2D eigenvalue weighted by Crippen LogP contribution is 2.22. The van der Waals surface area contributed by atoms with Crippen LogP contribution in [0, 0.1) is 6.92 Å². The molecule has 0 saturated carbocycles. The topological polar surface area (TPSA) is 96.5 Å². The Balaban J connectivity index is 1.92. The van der Waals surface area contributed by atoms with Crippen molar-refractivity contribution in [3.8, 4) is 11.4 Å². The monoisotopic (exact) mass is 350 g/mol. The first-order valence-electron chi connectivity index (χ1n) is 8.55. The molecule has 3 rings (SSSR count). The Hall–Kier alpha value is -3.09. The van der Waals surface area contributed by atoms with Crippen LogP contribution in [0.15, 0.2) is 36.8 Å². The summed E-state index contributed by atoms with van der Waals surface area (Å²) in [7, 11) is 0. The lowest BCUT2D eigenvalue weighted by Crippen LogP contribution is -2.27. The lowest BCUT2D eigenvalue weighted by molar-refractivity contribution is 0.0938. The highest BCUT2D eigenvalue weighted by atomic mass is 16.1. The molecule has 7 nitrogen and oxygen atoms in total. The Morgan fingerprint density at radius 3 is 2.54 bits per heavy atom. The SMILES string of the molecule is Cc1ccc(-c2cc(C(=O)N[C@@H](C)c3ncn[nH]3)cc(C(C)C)n2)nc1. The molecule has 3 aromatic heterocycles. The summed E-state index contributed by atoms with van der Waals surface area (Å²) in [5.74, 6) is 0.613. The molecule has 134 valence electrons. The third-order valence-corrected chi connectivity index (χ3v) is 4.06. The Morgan fingerprint density at radius 2 is 1.92 bits per heavy atom. The largest absolute Gasteiger partial charge is 0.342 e. The van der Waals surface area contributed by atoms with Gasteiger partial charge in [-0.2, -0.15) is 5.10 Å². The van der Waals surface area contributed by atoms with Crippen molar-refractivity contribution in [2.45, 2.75) is 39.7 Å². The summed E-state index contributed by atoms with van der Waals surface area (Å²) in [6, 6.07) is 7.22. The minimum Gasteiger partial charge on any atom is -0.342 e. The van der Waals surface area contributed by atoms with Gasteiger partial charge in [-0.15, -0.1) is 0 Å². The van der Waals surface area contributed by atoms with Gasteiger partial charge in [0.1, 0.15) is 12.2 Å². The summed E-state index contributed by atoms with van der Waals surface area (Å²) >= 11 is 0. The number of nitrogens with one attached hydrogen (secondary N) is 2. The number of rotatable bonds is 5. The minimum absolute atomic E-state index is 0.188. The lowest BCUT2D eigenvalue weighted by Gasteiger charge is -2.14. The van der Waals surface area contributed by atoms with E-state index in [-0.39, 0.29) is 17.9 Å². The molecule has 2 N–H and O–H groups in total. The van der Waals surface area contributed by atoms with Crippen molar-refractivity contribution in [2.75, 3.05) is 0 Å². The van der Waals surface area contributed by atoms with Crippen LogP contribution in [-0.2, 0) is 0 Å². The van der Waals surface area contributed by atoms with Crippen molar-refractivity contribution in [2.24, 2.45) is 0 Å². The fourth-order valence-electron chi connectivity index (χ4n) is 2.50. The Morgan fingerprint density at radius 1 is 1.12 bits per heavy atom. The maximum Gasteiger partial charge on any atom is 0.252 e. The van der Waals surface area contributed by atoms with Gasteiger partial charge in [0, 0.05) is 17.5 Å². The van der Waals surface area contributed by atoms with Gasteiger partial charge in [-0.25, -0.2) is 4.98 Å². The molecule has 1 atom stereocenters. The third-order valence-electron chi connectivity index (χ3n) is 4.06. The van der Waals surface area contributed by atoms with Gasteiger partial charge in [0.25, 0.3) is 5.91 Å². The van der Waals surface area contributed by atoms with E-state index in [2.05, 4.69) is 30.5 Å². The fourth-order valence-corrected chi connectivity index (χ4v) is 2.50. The van der Waals surface area contributed by atoms with E-state index in [4.69, 9.17) is 0 Å². The molecule has 0 aliphatic rings. The summed E-state index contributed by atoms with van der Waals surface area (Å²) in [5, 5.41) is 9.52. The number of aromatic amines is 1. The smallest absolute Gasteiger partial charge is 0.252 e. The summed E-state index contributed by atoms with van der Waals surface area (Å²) in [4.78, 5) is 25.9. The van der Waals surface area contributed by atoms with Gasteiger partial charge in [-0.3, -0.25) is 19.9 Å². The number of aromatic nitrogens is 5. The first-order valence-corrected chi connectivity index (χ1v) is 8.55. The Kier molecular flexibility index (Phi) is 5.06. The first-order chi connectivity index (χ1) is 12.4. The highest BCUT2D eigenvalue weighted by Gasteiger charge is 2.17. The molecule has 0 spiro atoms. The third kappa shape index (κ3) is 3.93. The molecule has 0 aliphatic carbocycles. The van der Waals surface area contributed by atoms with E-state index in [1.807, 2.05) is 45.9 Å². The van der Waals surface area contributed by atoms with E-state index in [9.17, 15) is 4.79 Å². The van der Waals surface area contributed by atoms with E-state index in [1.54, 1.807) is 12.3 Å². The first kappa shape index (κ1) is 17.7. The molecule has 26 heavy (non-hydrogen) atoms. The van der Waals surface area contributed by atoms with Gasteiger partial charge in [-0.1, -0.05) is 19.9 Å². The minimum atomic E-state index is -0.276. The van der Waals surface area contributed by atoms with Crippen LogP contribution in [0.3, 0.4) is 0 Å². The lowest BCUT2D eigenvalue weighted by atomic mass is 10.0. The molecule has 0 unspecified atom stereocenters. The number of hydrogen-bond donors (Lipinski definition) is 2. The number of carbonyl (C=O) groups excluding carboxylic acids is 1. The zero-order valence-electron chi connectivity index (χ0n) is 15.3. The van der Waals surface area contributed by atoms with E-state index in [0.29, 0.717) is 17.1 Å². The molecule has 3 heterocycles. The van der Waals surface area contributed by atoms with Crippen LogP contribution in [0.2, 0.25) is 0 Å². The normalized spacial score (nSPS) is 12.2. The van der Waals surface area contributed by atoms with Gasteiger partial charge in [0.05, 0.1) is 17.4 Å². The van der Waals surface area contributed by atoms with E-state index < -0.39 is 0 Å². The molecule has 0 aromatic carbocycles. The van der Waals surface area contributed by atoms with Crippen LogP contribution in [0.25, 0.3) is 11.4 Å². The van der Waals surface area contributed by atoms with E-state index >= 15 is 0 Å². The van der Waals surface area contributed by atoms with Gasteiger partial charge in [0.15, 0.2) is 0 Å². The molecule has 3 aromatic rings. The van der Waals surface area contributed by atoms with Crippen molar-refractivity contribution in [1.82, 2.24) is 30.5 Å². The van der Waals surface area contributed by atoms with Gasteiger partial charge in [-0.05, 0) is 43.5 Å². The van der Waals surface area contributed by atoms with Crippen LogP contribution in [0.4, 0.5) is 0 Å². The van der Waals surface area contributed by atoms with E-state index in [1.165, 1.54) is 6.33 Å². The van der Waals surface area contributed by atoms with Gasteiger partial charge < -0.3 is 5.32 Å². The zero-order chi connectivity index (χ0) is 18.7. The number of nitrogens with zero attached hydrogens (tertiary/aromatic N) is 4. The molecule has 0 fully saturated rings. The van der Waals surface area contributed by atoms with Gasteiger partial charge in [0.2, 0.25) is 0 Å². The molecular weight excluding hydrogens is 328 g/mol. The fraction of sp³-hybridized carbons (Fsp3) is 0.316. The van der Waals surface area contributed by atoms with Crippen molar-refractivity contribution < 1.29 is 4.79 Å². The average Bonchev–Trinajstić information content (AvgIpc) is 3.16. The highest BCUT2D eigenvalue weighted by molar-refractivity contribution is 5.95.